The molecule has 1 heterocycles. The highest BCUT2D eigenvalue weighted by Crippen LogP contribution is 2.38. The summed E-state index contributed by atoms with van der Waals surface area (Å²) in [6, 6.07) is 0. The number of carboxylic acid groups (broad SMARTS) is 1. The van der Waals surface area contributed by atoms with Gasteiger partial charge >= 0.3 is 5.97 Å². The highest BCUT2D eigenvalue weighted by molar-refractivity contribution is 5.85. The number of aliphatic carboxylic acids is 1. The minimum absolute atomic E-state index is 0.0722. The fraction of sp³-hybridized carbons (Fsp3) is 0.857. The molecule has 1 amide bonds. The number of carbonyl (C=O) groups is 2. The largest absolute Gasteiger partial charge is 0.481 e. The maximum atomic E-state index is 12.5. The first-order chi connectivity index (χ1) is 8.40. The Balaban J connectivity index is 2.06. The molecule has 1 saturated carbocycles. The van der Waals surface area contributed by atoms with Crippen LogP contribution in [0.5, 0.6) is 0 Å². The lowest BCUT2D eigenvalue weighted by atomic mass is 9.95. The first kappa shape index (κ1) is 13.4. The average Bonchev–Trinajstić information content (AvgIpc) is 2.82. The van der Waals surface area contributed by atoms with Crippen molar-refractivity contribution in [3.63, 3.8) is 0 Å². The van der Waals surface area contributed by atoms with Gasteiger partial charge < -0.3 is 10.0 Å². The molecule has 0 radical (unpaired) electrons. The Morgan fingerprint density at radius 3 is 2.00 bits per heavy atom. The molecule has 1 N–H and O–H groups in total. The van der Waals surface area contributed by atoms with Gasteiger partial charge in [0.2, 0.25) is 5.91 Å². The molecule has 18 heavy (non-hydrogen) atoms. The van der Waals surface area contributed by atoms with E-state index >= 15 is 0 Å². The standard InChI is InChI=1S/C14H23NO3/c1-8-4-11(12(5-8)14(17)18)13(16)15-6-9(2)10(3)7-15/h8-12H,4-7H2,1-3H3,(H,17,18). The zero-order valence-electron chi connectivity index (χ0n) is 11.4. The Hall–Kier alpha value is -1.06. The van der Waals surface area contributed by atoms with E-state index in [4.69, 9.17) is 0 Å². The lowest BCUT2D eigenvalue weighted by molar-refractivity contribution is -0.148. The molecule has 0 spiro atoms. The van der Waals surface area contributed by atoms with Crippen LogP contribution in [-0.2, 0) is 9.59 Å². The monoisotopic (exact) mass is 253 g/mol. The van der Waals surface area contributed by atoms with E-state index in [1.807, 2.05) is 11.8 Å². The zero-order valence-corrected chi connectivity index (χ0v) is 11.4. The maximum absolute atomic E-state index is 12.5. The summed E-state index contributed by atoms with van der Waals surface area (Å²) in [6.07, 6.45) is 1.37. The van der Waals surface area contributed by atoms with Crippen LogP contribution in [0.25, 0.3) is 0 Å². The topological polar surface area (TPSA) is 57.6 Å². The first-order valence-electron chi connectivity index (χ1n) is 6.91. The van der Waals surface area contributed by atoms with Crippen molar-refractivity contribution >= 4 is 11.9 Å². The van der Waals surface area contributed by atoms with Crippen LogP contribution in [0.4, 0.5) is 0 Å². The molecular formula is C14H23NO3. The Morgan fingerprint density at radius 2 is 1.50 bits per heavy atom. The van der Waals surface area contributed by atoms with Crippen molar-refractivity contribution in [1.82, 2.24) is 4.90 Å². The van der Waals surface area contributed by atoms with Gasteiger partial charge in [0.25, 0.3) is 0 Å². The highest BCUT2D eigenvalue weighted by atomic mass is 16.4. The summed E-state index contributed by atoms with van der Waals surface area (Å²) in [5.41, 5.74) is 0. The summed E-state index contributed by atoms with van der Waals surface area (Å²) in [4.78, 5) is 25.6. The van der Waals surface area contributed by atoms with E-state index in [-0.39, 0.29) is 11.8 Å². The molecule has 0 aromatic carbocycles. The van der Waals surface area contributed by atoms with Gasteiger partial charge in [-0.05, 0) is 30.6 Å². The smallest absolute Gasteiger partial charge is 0.307 e. The van der Waals surface area contributed by atoms with Crippen molar-refractivity contribution in [1.29, 1.82) is 0 Å². The summed E-state index contributed by atoms with van der Waals surface area (Å²) in [5, 5.41) is 9.23. The Kier molecular flexibility index (Phi) is 3.64. The van der Waals surface area contributed by atoms with Crippen molar-refractivity contribution < 1.29 is 14.7 Å². The maximum Gasteiger partial charge on any atom is 0.307 e. The summed E-state index contributed by atoms with van der Waals surface area (Å²) < 4.78 is 0. The van der Waals surface area contributed by atoms with Crippen LogP contribution in [0.15, 0.2) is 0 Å². The number of amides is 1. The van der Waals surface area contributed by atoms with E-state index in [1.54, 1.807) is 0 Å². The minimum atomic E-state index is -0.807. The Labute approximate surface area is 108 Å². The zero-order chi connectivity index (χ0) is 13.4. The molecule has 2 aliphatic rings. The summed E-state index contributed by atoms with van der Waals surface area (Å²) >= 11 is 0. The minimum Gasteiger partial charge on any atom is -0.481 e. The van der Waals surface area contributed by atoms with E-state index in [9.17, 15) is 14.7 Å². The summed E-state index contributed by atoms with van der Waals surface area (Å²) in [6.45, 7) is 7.93. The molecule has 2 rings (SSSR count). The second kappa shape index (κ2) is 4.90. The normalized spacial score (nSPS) is 40.2. The van der Waals surface area contributed by atoms with Gasteiger partial charge in [-0.3, -0.25) is 9.59 Å². The average molecular weight is 253 g/mol. The van der Waals surface area contributed by atoms with Gasteiger partial charge in [0.05, 0.1) is 11.8 Å². The van der Waals surface area contributed by atoms with Gasteiger partial charge in [-0.1, -0.05) is 20.8 Å². The van der Waals surface area contributed by atoms with Crippen molar-refractivity contribution in [2.24, 2.45) is 29.6 Å². The van der Waals surface area contributed by atoms with Crippen LogP contribution in [0.1, 0.15) is 33.6 Å². The summed E-state index contributed by atoms with van der Waals surface area (Å²) in [5.74, 6) is -0.112. The molecule has 5 atom stereocenters. The fourth-order valence-corrected chi connectivity index (χ4v) is 3.38. The van der Waals surface area contributed by atoms with Gasteiger partial charge in [0.1, 0.15) is 0 Å². The van der Waals surface area contributed by atoms with Gasteiger partial charge in [-0.2, -0.15) is 0 Å². The predicted octanol–water partition coefficient (Wildman–Crippen LogP) is 1.85. The number of hydrogen-bond donors (Lipinski definition) is 1. The van der Waals surface area contributed by atoms with Crippen LogP contribution >= 0.6 is 0 Å². The highest BCUT2D eigenvalue weighted by Gasteiger charge is 2.44. The molecule has 1 aliphatic carbocycles. The van der Waals surface area contributed by atoms with E-state index < -0.39 is 11.9 Å². The SMILES string of the molecule is CC1CC(C(=O)O)C(C(=O)N2CC(C)C(C)C2)C1. The van der Waals surface area contributed by atoms with E-state index in [0.717, 1.165) is 19.5 Å². The van der Waals surface area contributed by atoms with E-state index in [2.05, 4.69) is 13.8 Å². The Morgan fingerprint density at radius 1 is 1.00 bits per heavy atom. The molecule has 102 valence electrons. The van der Waals surface area contributed by atoms with Crippen molar-refractivity contribution in [3.8, 4) is 0 Å². The van der Waals surface area contributed by atoms with Crippen LogP contribution in [0.2, 0.25) is 0 Å². The van der Waals surface area contributed by atoms with Gasteiger partial charge in [-0.15, -0.1) is 0 Å². The third kappa shape index (κ3) is 2.38. The van der Waals surface area contributed by atoms with Crippen LogP contribution in [-0.4, -0.2) is 35.0 Å². The first-order valence-corrected chi connectivity index (χ1v) is 6.91. The quantitative estimate of drug-likeness (QED) is 0.817. The van der Waals surface area contributed by atoms with E-state index in [0.29, 0.717) is 24.2 Å². The molecule has 4 nitrogen and oxygen atoms in total. The molecule has 2 fully saturated rings. The number of likely N-dealkylation sites (tertiary alicyclic amines) is 1. The lowest BCUT2D eigenvalue weighted by Gasteiger charge is -2.23. The number of nitrogens with zero attached hydrogens (tertiary/aromatic N) is 1. The van der Waals surface area contributed by atoms with Crippen molar-refractivity contribution in [2.45, 2.75) is 33.6 Å². The van der Waals surface area contributed by atoms with Crippen LogP contribution in [0.3, 0.4) is 0 Å². The number of rotatable bonds is 2. The lowest BCUT2D eigenvalue weighted by Crippen LogP contribution is -2.38. The summed E-state index contributed by atoms with van der Waals surface area (Å²) in [7, 11) is 0. The predicted molar refractivity (Wildman–Crippen MR) is 67.9 cm³/mol. The third-order valence-electron chi connectivity index (χ3n) is 4.73. The molecule has 0 aromatic heterocycles. The van der Waals surface area contributed by atoms with E-state index in [1.165, 1.54) is 0 Å². The van der Waals surface area contributed by atoms with Crippen LogP contribution < -0.4 is 0 Å². The van der Waals surface area contributed by atoms with Crippen molar-refractivity contribution in [2.75, 3.05) is 13.1 Å². The second-order valence-electron chi connectivity index (χ2n) is 6.33. The molecule has 4 heteroatoms. The molecular weight excluding hydrogens is 230 g/mol. The Bertz CT molecular complexity index is 345. The molecule has 1 aliphatic heterocycles. The van der Waals surface area contributed by atoms with Gasteiger partial charge in [0, 0.05) is 13.1 Å². The third-order valence-corrected chi connectivity index (χ3v) is 4.73. The van der Waals surface area contributed by atoms with Crippen molar-refractivity contribution in [3.05, 3.63) is 0 Å². The van der Waals surface area contributed by atoms with Gasteiger partial charge in [-0.25, -0.2) is 0 Å². The number of hydrogen-bond acceptors (Lipinski definition) is 2. The molecule has 1 saturated heterocycles. The molecule has 5 unspecified atom stereocenters. The number of carbonyl (C=O) groups excluding carboxylic acids is 1. The molecule has 0 aromatic rings. The number of carboxylic acids is 1. The molecule has 0 bridgehead atoms. The van der Waals surface area contributed by atoms with Crippen LogP contribution in [0, 0.1) is 29.6 Å². The van der Waals surface area contributed by atoms with Gasteiger partial charge in [0.15, 0.2) is 0 Å². The second-order valence-corrected chi connectivity index (χ2v) is 6.33. The fourth-order valence-electron chi connectivity index (χ4n) is 3.38.